The van der Waals surface area contributed by atoms with Gasteiger partial charge in [-0.3, -0.25) is 4.79 Å². The molecule has 0 radical (unpaired) electrons. The van der Waals surface area contributed by atoms with E-state index in [0.29, 0.717) is 0 Å². The lowest BCUT2D eigenvalue weighted by Crippen LogP contribution is -3.19. The fourth-order valence-electron chi connectivity index (χ4n) is 4.31. The number of quaternary nitrogens is 1. The van der Waals surface area contributed by atoms with Crippen LogP contribution >= 0.6 is 11.6 Å². The summed E-state index contributed by atoms with van der Waals surface area (Å²) in [6, 6.07) is 16.5. The second-order valence-corrected chi connectivity index (χ2v) is 8.00. The van der Waals surface area contributed by atoms with Gasteiger partial charge in [-0.15, -0.1) is 0 Å². The van der Waals surface area contributed by atoms with Gasteiger partial charge in [0.25, 0.3) is 5.91 Å². The predicted molar refractivity (Wildman–Crippen MR) is 109 cm³/mol. The van der Waals surface area contributed by atoms with Gasteiger partial charge >= 0.3 is 0 Å². The second-order valence-electron chi connectivity index (χ2n) is 7.60. The minimum absolute atomic E-state index is 0.00339. The number of benzene rings is 2. The third-order valence-corrected chi connectivity index (χ3v) is 6.34. The summed E-state index contributed by atoms with van der Waals surface area (Å²) in [5.41, 5.74) is 3.78. The van der Waals surface area contributed by atoms with E-state index in [1.807, 2.05) is 23.1 Å². The summed E-state index contributed by atoms with van der Waals surface area (Å²) in [6.45, 7) is 7.45. The Morgan fingerprint density at radius 2 is 1.67 bits per heavy atom. The highest BCUT2D eigenvalue weighted by Crippen LogP contribution is 2.25. The molecule has 2 heterocycles. The number of nitrogens with one attached hydrogen (secondary N) is 1. The molecule has 1 amide bonds. The molecule has 2 aromatic rings. The summed E-state index contributed by atoms with van der Waals surface area (Å²) < 4.78 is 0. The van der Waals surface area contributed by atoms with Crippen molar-refractivity contribution in [3.8, 4) is 0 Å². The Labute approximate surface area is 166 Å². The minimum Gasteiger partial charge on any atom is -0.359 e. The zero-order valence-electron chi connectivity index (χ0n) is 15.8. The van der Waals surface area contributed by atoms with Crippen LogP contribution in [0.25, 0.3) is 0 Å². The molecular weight excluding hydrogens is 358 g/mol. The lowest BCUT2D eigenvalue weighted by Gasteiger charge is -2.38. The molecule has 5 heteroatoms. The van der Waals surface area contributed by atoms with Gasteiger partial charge in [0.1, 0.15) is 0 Å². The Morgan fingerprint density at radius 3 is 2.41 bits per heavy atom. The van der Waals surface area contributed by atoms with E-state index in [1.54, 1.807) is 0 Å². The summed E-state index contributed by atoms with van der Waals surface area (Å²) in [4.78, 5) is 18.8. The molecule has 1 fully saturated rings. The molecule has 0 unspecified atom stereocenters. The van der Waals surface area contributed by atoms with Crippen LogP contribution in [0.15, 0.2) is 48.5 Å². The van der Waals surface area contributed by atoms with E-state index in [2.05, 4.69) is 42.2 Å². The maximum Gasteiger partial charge on any atom is 0.280 e. The number of halogens is 1. The minimum atomic E-state index is 0.00339. The second kappa shape index (κ2) is 7.91. The van der Waals surface area contributed by atoms with E-state index in [1.165, 1.54) is 16.0 Å². The van der Waals surface area contributed by atoms with Crippen LogP contribution in [0, 0.1) is 0 Å². The lowest BCUT2D eigenvalue weighted by atomic mass is 9.99. The Morgan fingerprint density at radius 1 is 1.00 bits per heavy atom. The number of fused-ring (bicyclic) bond motifs is 1. The van der Waals surface area contributed by atoms with Crippen LogP contribution in [0.4, 0.5) is 5.69 Å². The van der Waals surface area contributed by atoms with Crippen molar-refractivity contribution in [2.75, 3.05) is 37.6 Å². The fourth-order valence-corrected chi connectivity index (χ4v) is 4.56. The quantitative estimate of drug-likeness (QED) is 0.876. The van der Waals surface area contributed by atoms with Gasteiger partial charge in [0, 0.05) is 13.1 Å². The van der Waals surface area contributed by atoms with Crippen LogP contribution in [0.3, 0.4) is 0 Å². The maximum absolute atomic E-state index is 13.1. The van der Waals surface area contributed by atoms with Gasteiger partial charge in [-0.25, -0.2) is 0 Å². The van der Waals surface area contributed by atoms with Gasteiger partial charge in [0.15, 0.2) is 6.04 Å². The van der Waals surface area contributed by atoms with E-state index in [-0.39, 0.29) is 11.9 Å². The Balaban J connectivity index is 1.36. The van der Waals surface area contributed by atoms with Crippen LogP contribution in [0.5, 0.6) is 0 Å². The molecule has 2 aliphatic rings. The van der Waals surface area contributed by atoms with Crippen molar-refractivity contribution >= 4 is 23.2 Å². The number of para-hydroxylation sites is 1. The highest BCUT2D eigenvalue weighted by Gasteiger charge is 2.33. The van der Waals surface area contributed by atoms with Gasteiger partial charge in [-0.2, -0.15) is 0 Å². The number of nitrogens with zero attached hydrogens (tertiary/aromatic N) is 2. The highest BCUT2D eigenvalue weighted by atomic mass is 35.5. The first kappa shape index (κ1) is 18.3. The van der Waals surface area contributed by atoms with Crippen molar-refractivity contribution < 1.29 is 9.69 Å². The average Bonchev–Trinajstić information content (AvgIpc) is 2.73. The molecule has 4 rings (SSSR count). The van der Waals surface area contributed by atoms with Crippen molar-refractivity contribution in [1.82, 2.24) is 4.90 Å². The van der Waals surface area contributed by atoms with Crippen LogP contribution < -0.4 is 9.80 Å². The highest BCUT2D eigenvalue weighted by molar-refractivity contribution is 6.33. The number of carbonyl (C=O) groups excluding carboxylic acids is 1. The van der Waals surface area contributed by atoms with Gasteiger partial charge in [0.2, 0.25) is 0 Å². The summed E-state index contributed by atoms with van der Waals surface area (Å²) in [5.74, 6) is 0.283. The molecule has 0 aromatic heterocycles. The first-order valence-corrected chi connectivity index (χ1v) is 10.2. The molecule has 0 saturated carbocycles. The predicted octanol–water partition coefficient (Wildman–Crippen LogP) is 2.02. The van der Waals surface area contributed by atoms with Crippen molar-refractivity contribution in [2.24, 2.45) is 0 Å². The van der Waals surface area contributed by atoms with E-state index in [4.69, 9.17) is 11.6 Å². The van der Waals surface area contributed by atoms with Crippen LogP contribution in [-0.2, 0) is 17.8 Å². The molecular formula is C22H27ClN3O+. The van der Waals surface area contributed by atoms with Crippen molar-refractivity contribution in [1.29, 1.82) is 0 Å². The number of rotatable bonds is 3. The lowest BCUT2D eigenvalue weighted by molar-refractivity contribution is -0.915. The van der Waals surface area contributed by atoms with Crippen LogP contribution in [-0.4, -0.2) is 49.6 Å². The molecule has 1 atom stereocenters. The summed E-state index contributed by atoms with van der Waals surface area (Å²) in [6.07, 6.45) is 0.963. The summed E-state index contributed by atoms with van der Waals surface area (Å²) >= 11 is 6.34. The Kier molecular flexibility index (Phi) is 5.37. The first-order chi connectivity index (χ1) is 13.1. The van der Waals surface area contributed by atoms with E-state index in [9.17, 15) is 4.79 Å². The molecule has 2 aromatic carbocycles. The number of anilines is 1. The molecule has 142 valence electrons. The number of carbonyl (C=O) groups is 1. The molecule has 0 spiro atoms. The topological polar surface area (TPSA) is 28.0 Å². The normalized spacial score (nSPS) is 18.9. The zero-order chi connectivity index (χ0) is 18.8. The summed E-state index contributed by atoms with van der Waals surface area (Å²) in [5, 5.41) is 0.803. The van der Waals surface area contributed by atoms with Gasteiger partial charge in [0.05, 0.1) is 36.9 Å². The van der Waals surface area contributed by atoms with E-state index < -0.39 is 0 Å². The largest absolute Gasteiger partial charge is 0.359 e. The van der Waals surface area contributed by atoms with Gasteiger partial charge in [-0.05, 0) is 36.6 Å². The molecule has 27 heavy (non-hydrogen) atoms. The van der Waals surface area contributed by atoms with E-state index in [0.717, 1.165) is 56.4 Å². The number of hydrogen-bond acceptors (Lipinski definition) is 2. The number of hydrogen-bond donors (Lipinski definition) is 1. The molecule has 1 N–H and O–H groups in total. The molecule has 0 bridgehead atoms. The Hall–Kier alpha value is -2.04. The average molecular weight is 385 g/mol. The maximum atomic E-state index is 13.1. The van der Waals surface area contributed by atoms with Gasteiger partial charge < -0.3 is 14.7 Å². The molecule has 1 saturated heterocycles. The third-order valence-electron chi connectivity index (χ3n) is 6.02. The summed E-state index contributed by atoms with van der Waals surface area (Å²) in [7, 11) is 0. The van der Waals surface area contributed by atoms with Gasteiger partial charge in [-0.1, -0.05) is 48.0 Å². The smallest absolute Gasteiger partial charge is 0.280 e. The molecule has 4 nitrogen and oxygen atoms in total. The van der Waals surface area contributed by atoms with Crippen molar-refractivity contribution in [3.63, 3.8) is 0 Å². The number of piperazine rings is 1. The fraction of sp³-hybridized carbons (Fsp3) is 0.409. The monoisotopic (exact) mass is 384 g/mol. The van der Waals surface area contributed by atoms with Crippen LogP contribution in [0.2, 0.25) is 5.02 Å². The number of amides is 1. The standard InChI is InChI=1S/C22H26ClN3O/c1-17(22(27)26-11-10-18-6-2-3-7-19(18)16-26)24-12-14-25(15-13-24)21-9-5-4-8-20(21)23/h2-9,17H,10-16H2,1H3/p+1/t17-/m1/s1. The SMILES string of the molecule is C[C@H](C(=O)N1CCc2ccccc2C1)[NH+]1CCN(c2ccccc2Cl)CC1. The third kappa shape index (κ3) is 3.83. The Bertz CT molecular complexity index is 817. The van der Waals surface area contributed by atoms with Crippen molar-refractivity contribution in [2.45, 2.75) is 25.9 Å². The molecule has 2 aliphatic heterocycles. The van der Waals surface area contributed by atoms with Crippen molar-refractivity contribution in [3.05, 3.63) is 64.7 Å². The van der Waals surface area contributed by atoms with Crippen LogP contribution in [0.1, 0.15) is 18.1 Å². The molecule has 0 aliphatic carbocycles. The first-order valence-electron chi connectivity index (χ1n) is 9.83. The van der Waals surface area contributed by atoms with E-state index >= 15 is 0 Å². The zero-order valence-corrected chi connectivity index (χ0v) is 16.6.